The van der Waals surface area contributed by atoms with E-state index in [1.165, 1.54) is 0 Å². The monoisotopic (exact) mass is 278 g/mol. The first-order chi connectivity index (χ1) is 6.52. The molecule has 3 nitrogen and oxygen atoms in total. The molecule has 0 aromatic heterocycles. The number of rotatable bonds is 7. The zero-order chi connectivity index (χ0) is 11.0. The molecular weight excluding hydrogens is 261 g/mol. The predicted molar refractivity (Wildman–Crippen MR) is 65.6 cm³/mol. The lowest BCUT2D eigenvalue weighted by molar-refractivity contribution is -0.122. The molecule has 0 atom stereocenters. The molecule has 0 unspecified atom stereocenters. The number of nitrogens with two attached hydrogens (primary N) is 1. The molecule has 0 saturated carbocycles. The Morgan fingerprint density at radius 2 is 2.00 bits per heavy atom. The third-order valence-electron chi connectivity index (χ3n) is 1.65. The van der Waals surface area contributed by atoms with Gasteiger partial charge in [0.05, 0.1) is 13.1 Å². The second-order valence-electron chi connectivity index (χ2n) is 3.02. The smallest absolute Gasteiger partial charge is 0.277 e. The van der Waals surface area contributed by atoms with Crippen LogP contribution in [-0.4, -0.2) is 24.9 Å². The van der Waals surface area contributed by atoms with Crippen molar-refractivity contribution in [2.45, 2.75) is 25.2 Å². The average molecular weight is 279 g/mol. The molecule has 0 fully saturated rings. The number of unbranched alkanes of at least 4 members (excludes halogenated alkanes) is 1. The Kier molecular flexibility index (Phi) is 14.5. The minimum atomic E-state index is -3.01. The van der Waals surface area contributed by atoms with Crippen molar-refractivity contribution >= 4 is 30.7 Å². The first-order valence-corrected chi connectivity index (χ1v) is 4.47. The zero-order valence-corrected chi connectivity index (χ0v) is 10.5. The van der Waals surface area contributed by atoms with E-state index in [9.17, 15) is 13.6 Å². The van der Waals surface area contributed by atoms with Gasteiger partial charge >= 0.3 is 0 Å². The van der Waals surface area contributed by atoms with Gasteiger partial charge in [-0.25, -0.2) is 8.78 Å². The first-order valence-electron chi connectivity index (χ1n) is 4.47. The minimum Gasteiger partial charge on any atom is -0.350 e. The normalized spacial score (nSPS) is 9.69. The maximum Gasteiger partial charge on any atom is 0.277 e. The second-order valence-corrected chi connectivity index (χ2v) is 3.02. The summed E-state index contributed by atoms with van der Waals surface area (Å²) in [5.74, 6) is -3.38. The molecule has 0 rings (SSSR count). The second kappa shape index (κ2) is 11.1. The van der Waals surface area contributed by atoms with Crippen molar-refractivity contribution in [2.24, 2.45) is 5.73 Å². The lowest BCUT2D eigenvalue weighted by Crippen LogP contribution is -2.41. The molecule has 0 aliphatic rings. The van der Waals surface area contributed by atoms with Crippen LogP contribution in [-0.2, 0) is 4.79 Å². The molecule has 1 amide bonds. The SMILES string of the molecule is C=CCCCC(=O)NCC(F)(F)CN.Cl.Cl. The summed E-state index contributed by atoms with van der Waals surface area (Å²) in [5.41, 5.74) is 4.80. The number of carbonyl (C=O) groups is 1. The van der Waals surface area contributed by atoms with Crippen molar-refractivity contribution in [3.8, 4) is 0 Å². The molecular formula is C9H18Cl2F2N2O. The van der Waals surface area contributed by atoms with E-state index in [-0.39, 0.29) is 37.1 Å². The van der Waals surface area contributed by atoms with Crippen LogP contribution in [0.15, 0.2) is 12.7 Å². The van der Waals surface area contributed by atoms with Crippen molar-refractivity contribution < 1.29 is 13.6 Å². The molecule has 7 heteroatoms. The summed E-state index contributed by atoms with van der Waals surface area (Å²) in [4.78, 5) is 11.0. The van der Waals surface area contributed by atoms with Gasteiger partial charge in [0.1, 0.15) is 0 Å². The van der Waals surface area contributed by atoms with Gasteiger partial charge in [0.15, 0.2) is 0 Å². The zero-order valence-electron chi connectivity index (χ0n) is 8.88. The fourth-order valence-corrected chi connectivity index (χ4v) is 0.795. The minimum absolute atomic E-state index is 0. The molecule has 0 aromatic carbocycles. The molecule has 0 spiro atoms. The number of hydrogen-bond acceptors (Lipinski definition) is 2. The number of allylic oxidation sites excluding steroid dienone is 1. The summed E-state index contributed by atoms with van der Waals surface area (Å²) in [5, 5.41) is 2.13. The number of nitrogens with one attached hydrogen (secondary N) is 1. The van der Waals surface area contributed by atoms with Gasteiger partial charge < -0.3 is 11.1 Å². The van der Waals surface area contributed by atoms with Crippen molar-refractivity contribution in [3.05, 3.63) is 12.7 Å². The van der Waals surface area contributed by atoms with E-state index in [1.54, 1.807) is 6.08 Å². The van der Waals surface area contributed by atoms with Gasteiger partial charge in [-0.1, -0.05) is 6.08 Å². The van der Waals surface area contributed by atoms with Gasteiger partial charge in [0.2, 0.25) is 5.91 Å². The summed E-state index contributed by atoms with van der Waals surface area (Å²) in [6.45, 7) is 2.05. The van der Waals surface area contributed by atoms with Crippen LogP contribution in [0.1, 0.15) is 19.3 Å². The van der Waals surface area contributed by atoms with Gasteiger partial charge in [-0.05, 0) is 12.8 Å². The van der Waals surface area contributed by atoms with Gasteiger partial charge in [-0.3, -0.25) is 4.79 Å². The van der Waals surface area contributed by atoms with Crippen molar-refractivity contribution in [1.29, 1.82) is 0 Å². The quantitative estimate of drug-likeness (QED) is 0.552. The highest BCUT2D eigenvalue weighted by atomic mass is 35.5. The maximum absolute atomic E-state index is 12.5. The summed E-state index contributed by atoms with van der Waals surface area (Å²) in [6, 6.07) is 0. The van der Waals surface area contributed by atoms with Crippen LogP contribution in [0, 0.1) is 0 Å². The summed E-state index contributed by atoms with van der Waals surface area (Å²) >= 11 is 0. The van der Waals surface area contributed by atoms with Crippen LogP contribution in [0.2, 0.25) is 0 Å². The van der Waals surface area contributed by atoms with Crippen LogP contribution < -0.4 is 11.1 Å². The standard InChI is InChI=1S/C9H16F2N2O.2ClH/c1-2-3-4-5-8(14)13-7-9(10,11)6-12;;/h2H,1,3-7,12H2,(H,13,14);2*1H. The van der Waals surface area contributed by atoms with Crippen LogP contribution >= 0.6 is 24.8 Å². The lowest BCUT2D eigenvalue weighted by atomic mass is 10.2. The Bertz CT molecular complexity index is 204. The van der Waals surface area contributed by atoms with E-state index < -0.39 is 19.0 Å². The third-order valence-corrected chi connectivity index (χ3v) is 1.65. The fraction of sp³-hybridized carbons (Fsp3) is 0.667. The first kappa shape index (κ1) is 21.0. The number of carbonyl (C=O) groups excluding carboxylic acids is 1. The summed E-state index contributed by atoms with van der Waals surface area (Å²) in [7, 11) is 0. The lowest BCUT2D eigenvalue weighted by Gasteiger charge is -2.14. The van der Waals surface area contributed by atoms with E-state index in [4.69, 9.17) is 5.73 Å². The number of alkyl halides is 2. The van der Waals surface area contributed by atoms with Gasteiger partial charge in [0, 0.05) is 6.42 Å². The Morgan fingerprint density at radius 3 is 2.44 bits per heavy atom. The molecule has 3 N–H and O–H groups in total. The van der Waals surface area contributed by atoms with Crippen LogP contribution in [0.3, 0.4) is 0 Å². The Hall–Kier alpha value is -0.390. The van der Waals surface area contributed by atoms with Gasteiger partial charge in [-0.15, -0.1) is 31.4 Å². The summed E-state index contributed by atoms with van der Waals surface area (Å²) in [6.07, 6.45) is 3.26. The maximum atomic E-state index is 12.5. The highest BCUT2D eigenvalue weighted by Gasteiger charge is 2.26. The van der Waals surface area contributed by atoms with Crippen LogP contribution in [0.4, 0.5) is 8.78 Å². The van der Waals surface area contributed by atoms with Gasteiger partial charge in [-0.2, -0.15) is 0 Å². The van der Waals surface area contributed by atoms with Crippen LogP contribution in [0.5, 0.6) is 0 Å². The topological polar surface area (TPSA) is 55.1 Å². The summed E-state index contributed by atoms with van der Waals surface area (Å²) < 4.78 is 25.1. The fourth-order valence-electron chi connectivity index (χ4n) is 0.795. The number of hydrogen-bond donors (Lipinski definition) is 2. The molecule has 0 radical (unpaired) electrons. The van der Waals surface area contributed by atoms with E-state index in [1.807, 2.05) is 0 Å². The van der Waals surface area contributed by atoms with E-state index in [0.717, 1.165) is 0 Å². The van der Waals surface area contributed by atoms with Crippen molar-refractivity contribution in [1.82, 2.24) is 5.32 Å². The molecule has 0 heterocycles. The largest absolute Gasteiger partial charge is 0.350 e. The van der Waals surface area contributed by atoms with Crippen molar-refractivity contribution in [2.75, 3.05) is 13.1 Å². The highest BCUT2D eigenvalue weighted by Crippen LogP contribution is 2.08. The Labute approximate surface area is 107 Å². The Balaban J connectivity index is -0.000000845. The Morgan fingerprint density at radius 1 is 1.44 bits per heavy atom. The molecule has 0 aliphatic heterocycles. The van der Waals surface area contributed by atoms with E-state index >= 15 is 0 Å². The molecule has 16 heavy (non-hydrogen) atoms. The van der Waals surface area contributed by atoms with Crippen molar-refractivity contribution in [3.63, 3.8) is 0 Å². The predicted octanol–water partition coefficient (Wildman–Crippen LogP) is 1.90. The van der Waals surface area contributed by atoms with E-state index in [2.05, 4.69) is 11.9 Å². The highest BCUT2D eigenvalue weighted by molar-refractivity contribution is 5.85. The molecule has 0 saturated heterocycles. The molecule has 0 aliphatic carbocycles. The number of amides is 1. The number of halogens is 4. The van der Waals surface area contributed by atoms with Gasteiger partial charge in [0.25, 0.3) is 5.92 Å². The molecule has 0 aromatic rings. The average Bonchev–Trinajstić information content (AvgIpc) is 2.16. The van der Waals surface area contributed by atoms with E-state index in [0.29, 0.717) is 12.8 Å². The van der Waals surface area contributed by atoms with Crippen LogP contribution in [0.25, 0.3) is 0 Å². The third kappa shape index (κ3) is 11.7. The molecule has 0 bridgehead atoms. The molecule has 98 valence electrons.